The molecule has 1 fully saturated rings. The van der Waals surface area contributed by atoms with Crippen LogP contribution in [0.5, 0.6) is 0 Å². The molecular weight excluding hydrogens is 350 g/mol. The van der Waals surface area contributed by atoms with Gasteiger partial charge in [-0.15, -0.1) is 0 Å². The fraction of sp³-hybridized carbons (Fsp3) is 0.353. The monoisotopic (exact) mass is 369 g/mol. The van der Waals surface area contributed by atoms with Gasteiger partial charge in [0.25, 0.3) is 5.91 Å². The summed E-state index contributed by atoms with van der Waals surface area (Å²) in [5, 5.41) is 0.939. The molecule has 0 unspecified atom stereocenters. The summed E-state index contributed by atoms with van der Waals surface area (Å²) in [6, 6.07) is 5.46. The second-order valence-corrected chi connectivity index (χ2v) is 6.71. The number of imidazole rings is 1. The van der Waals surface area contributed by atoms with Crippen LogP contribution in [0.2, 0.25) is 0 Å². The molecule has 0 radical (unpaired) electrons. The number of amides is 1. The maximum absolute atomic E-state index is 12.8. The van der Waals surface area contributed by atoms with Gasteiger partial charge in [-0.05, 0) is 12.1 Å². The third-order valence-corrected chi connectivity index (χ3v) is 5.15. The summed E-state index contributed by atoms with van der Waals surface area (Å²) in [5.41, 5.74) is 0.453. The molecule has 1 amide bonds. The second-order valence-electron chi connectivity index (χ2n) is 5.98. The Bertz CT molecular complexity index is 884. The van der Waals surface area contributed by atoms with Gasteiger partial charge in [0.05, 0.1) is 0 Å². The van der Waals surface area contributed by atoms with E-state index in [0.717, 1.165) is 30.5 Å². The maximum Gasteiger partial charge on any atom is 0.272 e. The van der Waals surface area contributed by atoms with Crippen molar-refractivity contribution in [3.8, 4) is 5.82 Å². The number of nitrogens with zero attached hydrogens (tertiary/aromatic N) is 7. The van der Waals surface area contributed by atoms with Gasteiger partial charge in [0.1, 0.15) is 23.7 Å². The fourth-order valence-electron chi connectivity index (χ4n) is 2.86. The highest BCUT2D eigenvalue weighted by molar-refractivity contribution is 7.09. The van der Waals surface area contributed by atoms with Crippen LogP contribution in [-0.4, -0.2) is 60.9 Å². The highest BCUT2D eigenvalue weighted by Gasteiger charge is 2.24. The minimum absolute atomic E-state index is 0.0434. The van der Waals surface area contributed by atoms with Crippen molar-refractivity contribution in [2.75, 3.05) is 31.1 Å². The van der Waals surface area contributed by atoms with Crippen LogP contribution in [0.15, 0.2) is 36.9 Å². The van der Waals surface area contributed by atoms with Gasteiger partial charge < -0.3 is 9.80 Å². The molecule has 4 heterocycles. The lowest BCUT2D eigenvalue weighted by molar-refractivity contribution is 0.0741. The van der Waals surface area contributed by atoms with Crippen LogP contribution in [0.25, 0.3) is 5.82 Å². The van der Waals surface area contributed by atoms with E-state index in [2.05, 4.69) is 24.2 Å². The van der Waals surface area contributed by atoms with Crippen molar-refractivity contribution >= 4 is 22.6 Å². The van der Waals surface area contributed by atoms with E-state index in [1.807, 2.05) is 30.2 Å². The molecule has 1 aliphatic rings. The van der Waals surface area contributed by atoms with E-state index in [-0.39, 0.29) is 5.91 Å². The van der Waals surface area contributed by atoms with Gasteiger partial charge >= 0.3 is 0 Å². The Morgan fingerprint density at radius 2 is 2.04 bits per heavy atom. The molecule has 0 saturated carbocycles. The smallest absolute Gasteiger partial charge is 0.272 e. The maximum atomic E-state index is 12.8. The van der Waals surface area contributed by atoms with Crippen molar-refractivity contribution in [1.29, 1.82) is 0 Å². The first-order valence-electron chi connectivity index (χ1n) is 8.57. The number of aromatic nitrogens is 5. The number of pyridine rings is 1. The van der Waals surface area contributed by atoms with Crippen molar-refractivity contribution in [2.24, 2.45) is 0 Å². The van der Waals surface area contributed by atoms with E-state index < -0.39 is 0 Å². The Hall–Kier alpha value is -2.81. The third-order valence-electron chi connectivity index (χ3n) is 4.33. The number of hydrogen-bond donors (Lipinski definition) is 0. The van der Waals surface area contributed by atoms with E-state index >= 15 is 0 Å². The molecule has 3 aromatic rings. The molecule has 3 aromatic heterocycles. The molecule has 0 aliphatic carbocycles. The molecule has 4 rings (SSSR count). The van der Waals surface area contributed by atoms with Gasteiger partial charge in [-0.25, -0.2) is 15.0 Å². The molecule has 0 spiro atoms. The summed E-state index contributed by atoms with van der Waals surface area (Å²) in [4.78, 5) is 29.9. The first kappa shape index (κ1) is 16.6. The first-order valence-corrected chi connectivity index (χ1v) is 9.34. The van der Waals surface area contributed by atoms with E-state index in [4.69, 9.17) is 0 Å². The minimum atomic E-state index is -0.0434. The number of rotatable bonds is 4. The summed E-state index contributed by atoms with van der Waals surface area (Å²) in [6.45, 7) is 4.86. The van der Waals surface area contributed by atoms with Gasteiger partial charge in [0.2, 0.25) is 5.13 Å². The number of anilines is 1. The predicted molar refractivity (Wildman–Crippen MR) is 98.8 cm³/mol. The van der Waals surface area contributed by atoms with Crippen molar-refractivity contribution in [3.63, 3.8) is 0 Å². The molecule has 26 heavy (non-hydrogen) atoms. The second kappa shape index (κ2) is 7.20. The molecule has 134 valence electrons. The summed E-state index contributed by atoms with van der Waals surface area (Å²) >= 11 is 1.43. The Labute approximate surface area is 155 Å². The van der Waals surface area contributed by atoms with E-state index in [1.54, 1.807) is 23.2 Å². The highest BCUT2D eigenvalue weighted by atomic mass is 32.1. The van der Waals surface area contributed by atoms with Gasteiger partial charge in [-0.1, -0.05) is 13.0 Å². The topological polar surface area (TPSA) is 80.0 Å². The number of hydrogen-bond acceptors (Lipinski definition) is 7. The van der Waals surface area contributed by atoms with E-state index in [9.17, 15) is 4.79 Å². The van der Waals surface area contributed by atoms with Gasteiger partial charge in [0.15, 0.2) is 0 Å². The fourth-order valence-corrected chi connectivity index (χ4v) is 3.66. The van der Waals surface area contributed by atoms with E-state index in [1.165, 1.54) is 11.5 Å². The van der Waals surface area contributed by atoms with Gasteiger partial charge in [-0.2, -0.15) is 4.37 Å². The van der Waals surface area contributed by atoms with Crippen molar-refractivity contribution in [2.45, 2.75) is 13.3 Å². The molecule has 1 aliphatic heterocycles. The minimum Gasteiger partial charge on any atom is -0.343 e. The molecule has 0 N–H and O–H groups in total. The molecular formula is C17H19N7OS. The Morgan fingerprint density at radius 1 is 1.19 bits per heavy atom. The Kier molecular flexibility index (Phi) is 4.61. The lowest BCUT2D eigenvalue weighted by atomic mass is 10.2. The summed E-state index contributed by atoms with van der Waals surface area (Å²) in [7, 11) is 0. The van der Waals surface area contributed by atoms with Crippen molar-refractivity contribution in [3.05, 3.63) is 48.4 Å². The normalized spacial score (nSPS) is 14.7. The van der Waals surface area contributed by atoms with Crippen molar-refractivity contribution in [1.82, 2.24) is 28.8 Å². The van der Waals surface area contributed by atoms with Crippen LogP contribution in [0, 0.1) is 0 Å². The van der Waals surface area contributed by atoms with E-state index in [0.29, 0.717) is 24.6 Å². The van der Waals surface area contributed by atoms with Crippen molar-refractivity contribution < 1.29 is 4.79 Å². The molecule has 8 nitrogen and oxygen atoms in total. The lowest BCUT2D eigenvalue weighted by Crippen LogP contribution is -2.49. The summed E-state index contributed by atoms with van der Waals surface area (Å²) in [5.74, 6) is 1.52. The predicted octanol–water partition coefficient (Wildman–Crippen LogP) is 1.64. The molecule has 0 atom stereocenters. The average Bonchev–Trinajstić information content (AvgIpc) is 3.39. The third kappa shape index (κ3) is 3.30. The van der Waals surface area contributed by atoms with Gasteiger partial charge in [-0.3, -0.25) is 9.36 Å². The zero-order valence-electron chi connectivity index (χ0n) is 14.4. The van der Waals surface area contributed by atoms with Crippen LogP contribution in [-0.2, 0) is 6.42 Å². The zero-order valence-corrected chi connectivity index (χ0v) is 15.3. The standard InChI is InChI=1S/C17H19N7OS/c1-2-14-20-17(26-21-14)23-10-8-22(9-11-23)16(25)13-4-3-5-15(19-13)24-7-6-18-12-24/h3-7,12H,2,8-11H2,1H3. The van der Waals surface area contributed by atoms with Crippen LogP contribution < -0.4 is 4.90 Å². The number of carbonyl (C=O) groups is 1. The van der Waals surface area contributed by atoms with Crippen LogP contribution in [0.4, 0.5) is 5.13 Å². The number of aryl methyl sites for hydroxylation is 1. The molecule has 0 bridgehead atoms. The Morgan fingerprint density at radius 3 is 2.73 bits per heavy atom. The zero-order chi connectivity index (χ0) is 17.9. The molecule has 1 saturated heterocycles. The highest BCUT2D eigenvalue weighted by Crippen LogP contribution is 2.20. The largest absolute Gasteiger partial charge is 0.343 e. The number of piperazine rings is 1. The molecule has 9 heteroatoms. The molecule has 0 aromatic carbocycles. The average molecular weight is 369 g/mol. The van der Waals surface area contributed by atoms with Crippen LogP contribution in [0.1, 0.15) is 23.2 Å². The quantitative estimate of drug-likeness (QED) is 0.696. The Balaban J connectivity index is 1.43. The first-order chi connectivity index (χ1) is 12.7. The summed E-state index contributed by atoms with van der Waals surface area (Å²) in [6.07, 6.45) is 6.00. The SMILES string of the molecule is CCc1nsc(N2CCN(C(=O)c3cccc(-n4ccnc4)n3)CC2)n1. The van der Waals surface area contributed by atoms with Crippen LogP contribution in [0.3, 0.4) is 0 Å². The van der Waals surface area contributed by atoms with Gasteiger partial charge in [0, 0.05) is 56.5 Å². The summed E-state index contributed by atoms with van der Waals surface area (Å²) < 4.78 is 6.12. The number of carbonyl (C=O) groups excluding carboxylic acids is 1. The lowest BCUT2D eigenvalue weighted by Gasteiger charge is -2.34. The van der Waals surface area contributed by atoms with Crippen LogP contribution >= 0.6 is 11.5 Å².